The van der Waals surface area contributed by atoms with Crippen LogP contribution in [0.5, 0.6) is 11.6 Å². The Morgan fingerprint density at radius 3 is 2.60 bits per heavy atom. The summed E-state index contributed by atoms with van der Waals surface area (Å²) in [5.41, 5.74) is 2.55. The number of nitrogens with one attached hydrogen (secondary N) is 1. The monoisotopic (exact) mass is 424 g/mol. The van der Waals surface area contributed by atoms with Gasteiger partial charge in [-0.1, -0.05) is 51.4 Å². The minimum absolute atomic E-state index is 0.178. The second-order valence-electron chi connectivity index (χ2n) is 7.40. The van der Waals surface area contributed by atoms with E-state index in [1.165, 1.54) is 6.07 Å². The van der Waals surface area contributed by atoms with Gasteiger partial charge in [0.1, 0.15) is 11.0 Å². The van der Waals surface area contributed by atoms with Crippen LogP contribution in [0, 0.1) is 5.82 Å². The molecule has 0 saturated heterocycles. The lowest BCUT2D eigenvalue weighted by atomic mass is 9.70. The van der Waals surface area contributed by atoms with Crippen LogP contribution in [0.4, 0.5) is 4.39 Å². The molecule has 0 fully saturated rings. The zero-order chi connectivity index (χ0) is 21.5. The average Bonchev–Trinajstić information content (AvgIpc) is 3.19. The van der Waals surface area contributed by atoms with Gasteiger partial charge in [0.25, 0.3) is 0 Å². The SMILES string of the molecule is CC.CC(C)(c1nc2ncccc2[nH]1)C1c2ccc(Cl)nc2Oc2c(F)cccc21. The number of fused-ring (bicyclic) bond motifs is 3. The van der Waals surface area contributed by atoms with Crippen molar-refractivity contribution < 1.29 is 9.13 Å². The van der Waals surface area contributed by atoms with E-state index in [2.05, 4.69) is 28.8 Å². The summed E-state index contributed by atoms with van der Waals surface area (Å²) >= 11 is 6.06. The Morgan fingerprint density at radius 2 is 1.83 bits per heavy atom. The van der Waals surface area contributed by atoms with Crippen molar-refractivity contribution in [3.8, 4) is 11.6 Å². The summed E-state index contributed by atoms with van der Waals surface area (Å²) in [6.45, 7) is 8.13. The van der Waals surface area contributed by atoms with Crippen LogP contribution in [0.3, 0.4) is 0 Å². The summed E-state index contributed by atoms with van der Waals surface area (Å²) in [5, 5.41) is 0.294. The Labute approximate surface area is 179 Å². The van der Waals surface area contributed by atoms with Gasteiger partial charge >= 0.3 is 0 Å². The van der Waals surface area contributed by atoms with Crippen LogP contribution in [-0.4, -0.2) is 19.9 Å². The number of aromatic amines is 1. The molecule has 1 N–H and O–H groups in total. The molecular formula is C23H22ClFN4O. The molecule has 0 saturated carbocycles. The number of H-pyrrole nitrogens is 1. The lowest BCUT2D eigenvalue weighted by Gasteiger charge is -2.37. The van der Waals surface area contributed by atoms with Gasteiger partial charge in [0.2, 0.25) is 5.88 Å². The van der Waals surface area contributed by atoms with Crippen molar-refractivity contribution >= 4 is 22.8 Å². The van der Waals surface area contributed by atoms with Gasteiger partial charge in [0, 0.05) is 28.7 Å². The molecule has 1 aliphatic rings. The standard InChI is InChI=1S/C21H16ClFN4O.C2H6/c1-21(2,20-25-14-7-4-10-24-18(14)27-20)16-11-5-3-6-13(23)17(11)28-19-12(16)8-9-15(22)26-19;1-2/h3-10,16H,1-2H3,(H,24,25,27);1-2H3. The average molecular weight is 425 g/mol. The minimum Gasteiger partial charge on any atom is -0.435 e. The van der Waals surface area contributed by atoms with Crippen molar-refractivity contribution in [3.05, 3.63) is 76.6 Å². The number of benzene rings is 1. The molecule has 0 amide bonds. The highest BCUT2D eigenvalue weighted by atomic mass is 35.5. The first-order valence-electron chi connectivity index (χ1n) is 9.89. The molecule has 0 radical (unpaired) electrons. The van der Waals surface area contributed by atoms with E-state index in [0.29, 0.717) is 16.7 Å². The van der Waals surface area contributed by atoms with Crippen molar-refractivity contribution in [1.29, 1.82) is 0 Å². The fraction of sp³-hybridized carbons (Fsp3) is 0.261. The van der Waals surface area contributed by atoms with E-state index in [9.17, 15) is 4.39 Å². The van der Waals surface area contributed by atoms with E-state index in [4.69, 9.17) is 21.3 Å². The number of pyridine rings is 2. The van der Waals surface area contributed by atoms with E-state index in [-0.39, 0.29) is 11.7 Å². The number of imidazole rings is 1. The number of hydrogen-bond donors (Lipinski definition) is 1. The molecule has 154 valence electrons. The second-order valence-corrected chi connectivity index (χ2v) is 7.79. The van der Waals surface area contributed by atoms with Crippen molar-refractivity contribution in [2.75, 3.05) is 0 Å². The van der Waals surface area contributed by atoms with E-state index in [0.717, 1.165) is 22.5 Å². The van der Waals surface area contributed by atoms with Crippen molar-refractivity contribution in [2.45, 2.75) is 39.0 Å². The van der Waals surface area contributed by atoms with Crippen LogP contribution >= 0.6 is 11.6 Å². The Balaban J connectivity index is 0.00000106. The number of nitrogens with zero attached hydrogens (tertiary/aromatic N) is 3. The lowest BCUT2D eigenvalue weighted by molar-refractivity contribution is 0.353. The van der Waals surface area contributed by atoms with E-state index < -0.39 is 11.2 Å². The van der Waals surface area contributed by atoms with Crippen LogP contribution in [0.15, 0.2) is 48.7 Å². The number of rotatable bonds is 2. The highest BCUT2D eigenvalue weighted by molar-refractivity contribution is 6.29. The predicted octanol–water partition coefficient (Wildman–Crippen LogP) is 6.39. The molecule has 3 aromatic heterocycles. The Morgan fingerprint density at radius 1 is 1.03 bits per heavy atom. The maximum atomic E-state index is 14.6. The number of halogens is 2. The Hall–Kier alpha value is -2.99. The molecule has 1 aromatic carbocycles. The maximum Gasteiger partial charge on any atom is 0.224 e. The summed E-state index contributed by atoms with van der Waals surface area (Å²) in [7, 11) is 0. The van der Waals surface area contributed by atoms with E-state index >= 15 is 0 Å². The molecule has 1 aliphatic heterocycles. The quantitative estimate of drug-likeness (QED) is 0.379. The molecule has 4 heterocycles. The summed E-state index contributed by atoms with van der Waals surface area (Å²) in [6.07, 6.45) is 1.71. The van der Waals surface area contributed by atoms with Gasteiger partial charge < -0.3 is 9.72 Å². The first kappa shape index (κ1) is 20.3. The fourth-order valence-corrected chi connectivity index (χ4v) is 4.06. The van der Waals surface area contributed by atoms with Crippen LogP contribution in [0.25, 0.3) is 11.2 Å². The number of hydrogen-bond acceptors (Lipinski definition) is 4. The van der Waals surface area contributed by atoms with Crippen molar-refractivity contribution in [2.24, 2.45) is 0 Å². The topological polar surface area (TPSA) is 63.7 Å². The predicted molar refractivity (Wildman–Crippen MR) is 116 cm³/mol. The molecule has 1 atom stereocenters. The molecular weight excluding hydrogens is 403 g/mol. The summed E-state index contributed by atoms with van der Waals surface area (Å²) in [5.74, 6) is 0.572. The van der Waals surface area contributed by atoms with Gasteiger partial charge in [-0.05, 0) is 30.3 Å². The molecule has 0 spiro atoms. The zero-order valence-corrected chi connectivity index (χ0v) is 18.0. The first-order chi connectivity index (χ1) is 14.4. The third kappa shape index (κ3) is 3.21. The van der Waals surface area contributed by atoms with Gasteiger partial charge in [-0.2, -0.15) is 0 Å². The van der Waals surface area contributed by atoms with Gasteiger partial charge in [-0.15, -0.1) is 0 Å². The van der Waals surface area contributed by atoms with Crippen LogP contribution < -0.4 is 4.74 Å². The zero-order valence-electron chi connectivity index (χ0n) is 17.2. The Kier molecular flexibility index (Phi) is 5.20. The molecule has 5 nitrogen and oxygen atoms in total. The van der Waals surface area contributed by atoms with Crippen LogP contribution in [0.1, 0.15) is 50.6 Å². The van der Waals surface area contributed by atoms with Crippen molar-refractivity contribution in [1.82, 2.24) is 19.9 Å². The normalized spacial score (nSPS) is 14.9. The largest absolute Gasteiger partial charge is 0.435 e. The molecule has 0 aliphatic carbocycles. The van der Waals surface area contributed by atoms with Gasteiger partial charge in [0.15, 0.2) is 17.2 Å². The summed E-state index contributed by atoms with van der Waals surface area (Å²) in [6, 6.07) is 12.3. The molecule has 4 aromatic rings. The number of para-hydroxylation sites is 1. The fourth-order valence-electron chi connectivity index (χ4n) is 3.92. The molecule has 0 bridgehead atoms. The van der Waals surface area contributed by atoms with Gasteiger partial charge in [0.05, 0.1) is 5.52 Å². The smallest absolute Gasteiger partial charge is 0.224 e. The number of aromatic nitrogens is 4. The summed E-state index contributed by atoms with van der Waals surface area (Å²) < 4.78 is 20.4. The minimum atomic E-state index is -0.530. The van der Waals surface area contributed by atoms with Gasteiger partial charge in [-0.25, -0.2) is 19.3 Å². The van der Waals surface area contributed by atoms with E-state index in [1.54, 1.807) is 18.3 Å². The maximum absolute atomic E-state index is 14.6. The molecule has 7 heteroatoms. The van der Waals surface area contributed by atoms with E-state index in [1.807, 2.05) is 38.1 Å². The third-order valence-electron chi connectivity index (χ3n) is 5.26. The highest BCUT2D eigenvalue weighted by Crippen LogP contribution is 2.52. The molecule has 5 rings (SSSR count). The summed E-state index contributed by atoms with van der Waals surface area (Å²) in [4.78, 5) is 16.7. The van der Waals surface area contributed by atoms with Crippen LogP contribution in [-0.2, 0) is 5.41 Å². The molecule has 1 unspecified atom stereocenters. The third-order valence-corrected chi connectivity index (χ3v) is 5.47. The first-order valence-corrected chi connectivity index (χ1v) is 10.3. The number of ether oxygens (including phenoxy) is 1. The lowest BCUT2D eigenvalue weighted by Crippen LogP contribution is -2.32. The van der Waals surface area contributed by atoms with Crippen molar-refractivity contribution in [3.63, 3.8) is 0 Å². The highest BCUT2D eigenvalue weighted by Gasteiger charge is 2.43. The van der Waals surface area contributed by atoms with Gasteiger partial charge in [-0.3, -0.25) is 0 Å². The molecule has 30 heavy (non-hydrogen) atoms. The second kappa shape index (κ2) is 7.69. The Bertz CT molecular complexity index is 1190. The van der Waals surface area contributed by atoms with Crippen LogP contribution in [0.2, 0.25) is 5.15 Å².